The molecule has 1 aliphatic heterocycles. The first kappa shape index (κ1) is 13.5. The SMILES string of the molecule is CS(=O)CCN1CCCNC2(CCCCC2)C1. The highest BCUT2D eigenvalue weighted by Gasteiger charge is 2.34. The number of nitrogens with zero attached hydrogens (tertiary/aromatic N) is 1. The van der Waals surface area contributed by atoms with Gasteiger partial charge in [0.15, 0.2) is 0 Å². The van der Waals surface area contributed by atoms with Crippen LogP contribution in [0.15, 0.2) is 0 Å². The van der Waals surface area contributed by atoms with Gasteiger partial charge in [0.05, 0.1) is 0 Å². The highest BCUT2D eigenvalue weighted by molar-refractivity contribution is 7.84. The van der Waals surface area contributed by atoms with Crippen LogP contribution >= 0.6 is 0 Å². The Labute approximate surface area is 108 Å². The lowest BCUT2D eigenvalue weighted by atomic mass is 9.81. The van der Waals surface area contributed by atoms with Crippen molar-refractivity contribution in [3.8, 4) is 0 Å². The van der Waals surface area contributed by atoms with Gasteiger partial charge in [0.1, 0.15) is 0 Å². The molecule has 0 aromatic heterocycles. The van der Waals surface area contributed by atoms with Crippen LogP contribution in [0.2, 0.25) is 0 Å². The summed E-state index contributed by atoms with van der Waals surface area (Å²) in [4.78, 5) is 2.53. The second kappa shape index (κ2) is 6.30. The molecule has 2 aliphatic rings. The molecule has 1 saturated carbocycles. The Morgan fingerprint density at radius 2 is 2.00 bits per heavy atom. The Morgan fingerprint density at radius 3 is 2.71 bits per heavy atom. The monoisotopic (exact) mass is 258 g/mol. The molecule has 1 atom stereocenters. The van der Waals surface area contributed by atoms with E-state index in [1.807, 2.05) is 6.26 Å². The van der Waals surface area contributed by atoms with Gasteiger partial charge in [-0.1, -0.05) is 19.3 Å². The topological polar surface area (TPSA) is 32.3 Å². The van der Waals surface area contributed by atoms with Crippen LogP contribution in [0.5, 0.6) is 0 Å². The summed E-state index contributed by atoms with van der Waals surface area (Å²) in [6.07, 6.45) is 9.87. The summed E-state index contributed by atoms with van der Waals surface area (Å²) < 4.78 is 11.2. The molecule has 2 fully saturated rings. The van der Waals surface area contributed by atoms with Crippen molar-refractivity contribution in [3.05, 3.63) is 0 Å². The van der Waals surface area contributed by atoms with Gasteiger partial charge < -0.3 is 10.2 Å². The molecular weight excluding hydrogens is 232 g/mol. The number of rotatable bonds is 3. The Bertz CT molecular complexity index is 264. The van der Waals surface area contributed by atoms with Gasteiger partial charge in [-0.2, -0.15) is 0 Å². The molecule has 2 rings (SSSR count). The predicted octanol–water partition coefficient (Wildman–Crippen LogP) is 1.36. The molecule has 17 heavy (non-hydrogen) atoms. The van der Waals surface area contributed by atoms with Gasteiger partial charge >= 0.3 is 0 Å². The second-order valence-corrected chi connectivity index (χ2v) is 7.23. The van der Waals surface area contributed by atoms with Crippen LogP contribution in [-0.4, -0.2) is 52.8 Å². The molecule has 0 aromatic carbocycles. The third-order valence-corrected chi connectivity index (χ3v) is 4.94. The molecule has 0 bridgehead atoms. The van der Waals surface area contributed by atoms with E-state index in [2.05, 4.69) is 10.2 Å². The Balaban J connectivity index is 1.91. The molecular formula is C13H26N2OS. The van der Waals surface area contributed by atoms with E-state index >= 15 is 0 Å². The highest BCUT2D eigenvalue weighted by Crippen LogP contribution is 2.30. The number of hydrogen-bond donors (Lipinski definition) is 1. The van der Waals surface area contributed by atoms with E-state index in [0.29, 0.717) is 5.54 Å². The van der Waals surface area contributed by atoms with Gasteiger partial charge in [-0.25, -0.2) is 0 Å². The van der Waals surface area contributed by atoms with Crippen molar-refractivity contribution in [2.24, 2.45) is 0 Å². The predicted molar refractivity (Wildman–Crippen MR) is 73.8 cm³/mol. The van der Waals surface area contributed by atoms with Gasteiger partial charge in [-0.15, -0.1) is 0 Å². The molecule has 0 radical (unpaired) electrons. The average molecular weight is 258 g/mol. The molecule has 3 nitrogen and oxygen atoms in total. The summed E-state index contributed by atoms with van der Waals surface area (Å²) in [5.74, 6) is 0.829. The van der Waals surface area contributed by atoms with Crippen LogP contribution in [0.4, 0.5) is 0 Å². The lowest BCUT2D eigenvalue weighted by Crippen LogP contribution is -2.53. The van der Waals surface area contributed by atoms with Crippen LogP contribution in [0.25, 0.3) is 0 Å². The maximum absolute atomic E-state index is 11.2. The largest absolute Gasteiger partial charge is 0.310 e. The molecule has 1 saturated heterocycles. The first-order valence-corrected chi connectivity index (χ1v) is 8.70. The first-order chi connectivity index (χ1) is 8.20. The molecule has 100 valence electrons. The maximum Gasteiger partial charge on any atom is 0.0359 e. The summed E-state index contributed by atoms with van der Waals surface area (Å²) >= 11 is 0. The fraction of sp³-hybridized carbons (Fsp3) is 1.00. The minimum absolute atomic E-state index is 0.379. The van der Waals surface area contributed by atoms with Crippen molar-refractivity contribution in [2.45, 2.75) is 44.1 Å². The zero-order chi connectivity index (χ0) is 12.1. The number of hydrogen-bond acceptors (Lipinski definition) is 3. The average Bonchev–Trinajstić information content (AvgIpc) is 2.50. The van der Waals surface area contributed by atoms with Crippen LogP contribution in [0.3, 0.4) is 0 Å². The summed E-state index contributed by atoms with van der Waals surface area (Å²) in [7, 11) is -0.651. The van der Waals surface area contributed by atoms with Crippen LogP contribution in [-0.2, 0) is 10.8 Å². The molecule has 1 heterocycles. The second-order valence-electron chi connectivity index (χ2n) is 5.67. The van der Waals surface area contributed by atoms with Crippen molar-refractivity contribution in [1.29, 1.82) is 0 Å². The zero-order valence-corrected chi connectivity index (χ0v) is 11.9. The van der Waals surface area contributed by atoms with Gasteiger partial charge in [0, 0.05) is 41.4 Å². The molecule has 0 amide bonds. The third kappa shape index (κ3) is 4.04. The summed E-state index contributed by atoms with van der Waals surface area (Å²) in [6.45, 7) is 4.51. The van der Waals surface area contributed by atoms with Crippen molar-refractivity contribution >= 4 is 10.8 Å². The Morgan fingerprint density at radius 1 is 1.24 bits per heavy atom. The van der Waals surface area contributed by atoms with Gasteiger partial charge in [0.2, 0.25) is 0 Å². The molecule has 4 heteroatoms. The molecule has 1 unspecified atom stereocenters. The van der Waals surface area contributed by atoms with Crippen molar-refractivity contribution in [2.75, 3.05) is 38.2 Å². The molecule has 0 aromatic rings. The van der Waals surface area contributed by atoms with Crippen molar-refractivity contribution in [1.82, 2.24) is 10.2 Å². The minimum Gasteiger partial charge on any atom is -0.310 e. The number of nitrogens with one attached hydrogen (secondary N) is 1. The fourth-order valence-electron chi connectivity index (χ4n) is 3.23. The van der Waals surface area contributed by atoms with E-state index in [4.69, 9.17) is 0 Å². The van der Waals surface area contributed by atoms with Gasteiger partial charge in [-0.05, 0) is 32.4 Å². The van der Waals surface area contributed by atoms with E-state index in [-0.39, 0.29) is 0 Å². The standard InChI is InChI=1S/C13H26N2OS/c1-17(16)11-10-15-9-5-8-14-13(12-15)6-3-2-4-7-13/h14H,2-12H2,1H3. The fourth-order valence-corrected chi connectivity index (χ4v) is 3.75. The highest BCUT2D eigenvalue weighted by atomic mass is 32.2. The van der Waals surface area contributed by atoms with Crippen molar-refractivity contribution < 1.29 is 4.21 Å². The van der Waals surface area contributed by atoms with Gasteiger partial charge in [-0.3, -0.25) is 4.21 Å². The molecule has 1 N–H and O–H groups in total. The van der Waals surface area contributed by atoms with E-state index < -0.39 is 10.8 Å². The van der Waals surface area contributed by atoms with Crippen molar-refractivity contribution in [3.63, 3.8) is 0 Å². The first-order valence-electron chi connectivity index (χ1n) is 6.98. The third-order valence-electron chi connectivity index (χ3n) is 4.18. The minimum atomic E-state index is -0.651. The smallest absolute Gasteiger partial charge is 0.0359 e. The Kier molecular flexibility index (Phi) is 5.00. The summed E-state index contributed by atoms with van der Waals surface area (Å²) in [5.41, 5.74) is 0.379. The maximum atomic E-state index is 11.2. The van der Waals surface area contributed by atoms with Gasteiger partial charge in [0.25, 0.3) is 0 Å². The summed E-state index contributed by atoms with van der Waals surface area (Å²) in [5, 5.41) is 3.80. The normalized spacial score (nSPS) is 27.8. The Hall–Kier alpha value is 0.0700. The van der Waals surface area contributed by atoms with E-state index in [0.717, 1.165) is 18.8 Å². The lowest BCUT2D eigenvalue weighted by molar-refractivity contribution is 0.169. The lowest BCUT2D eigenvalue weighted by Gasteiger charge is -2.40. The summed E-state index contributed by atoms with van der Waals surface area (Å²) in [6, 6.07) is 0. The molecule has 1 aliphatic carbocycles. The van der Waals surface area contributed by atoms with E-state index in [9.17, 15) is 4.21 Å². The van der Waals surface area contributed by atoms with E-state index in [1.165, 1.54) is 51.6 Å². The van der Waals surface area contributed by atoms with Crippen LogP contribution in [0.1, 0.15) is 38.5 Å². The quantitative estimate of drug-likeness (QED) is 0.830. The molecule has 1 spiro atoms. The van der Waals surface area contributed by atoms with Crippen LogP contribution < -0.4 is 5.32 Å². The van der Waals surface area contributed by atoms with E-state index in [1.54, 1.807) is 0 Å². The van der Waals surface area contributed by atoms with Crippen LogP contribution in [0, 0.1) is 0 Å². The zero-order valence-electron chi connectivity index (χ0n) is 11.0.